The van der Waals surface area contributed by atoms with Crippen molar-refractivity contribution in [3.05, 3.63) is 41.7 Å². The Morgan fingerprint density at radius 3 is 2.72 bits per heavy atom. The number of amides is 2. The summed E-state index contributed by atoms with van der Waals surface area (Å²) < 4.78 is 7.06. The molecule has 3 N–H and O–H groups in total. The van der Waals surface area contributed by atoms with E-state index in [9.17, 15) is 9.59 Å². The highest BCUT2D eigenvalue weighted by molar-refractivity contribution is 5.96. The molecule has 11 atom stereocenters. The summed E-state index contributed by atoms with van der Waals surface area (Å²) in [5.41, 5.74) is 2.97. The second-order valence-electron chi connectivity index (χ2n) is 15.7. The number of fused-ring (bicyclic) bond motifs is 7. The van der Waals surface area contributed by atoms with Crippen LogP contribution in [0.4, 0.5) is 0 Å². The average Bonchev–Trinajstić information content (AvgIpc) is 3.44. The molecule has 3 heterocycles. The van der Waals surface area contributed by atoms with Crippen molar-refractivity contribution in [2.24, 2.45) is 46.3 Å². The molecule has 7 heteroatoms. The van der Waals surface area contributed by atoms with Gasteiger partial charge >= 0.3 is 0 Å². The van der Waals surface area contributed by atoms with E-state index in [0.717, 1.165) is 61.5 Å². The lowest BCUT2D eigenvalue weighted by Gasteiger charge is -2.58. The highest BCUT2D eigenvalue weighted by Gasteiger charge is 2.68. The van der Waals surface area contributed by atoms with Gasteiger partial charge in [-0.1, -0.05) is 45.4 Å². The summed E-state index contributed by atoms with van der Waals surface area (Å²) in [6, 6.07) is 3.88. The Bertz CT molecular complexity index is 1260. The van der Waals surface area contributed by atoms with Gasteiger partial charge in [0, 0.05) is 37.4 Å². The Morgan fingerprint density at radius 1 is 1.09 bits per heavy atom. The van der Waals surface area contributed by atoms with E-state index in [2.05, 4.69) is 54.7 Å². The molecule has 3 saturated carbocycles. The van der Waals surface area contributed by atoms with Crippen LogP contribution in [0.15, 0.2) is 36.2 Å². The maximum absolute atomic E-state index is 12.8. The Kier molecular flexibility index (Phi) is 7.52. The van der Waals surface area contributed by atoms with Gasteiger partial charge in [0.25, 0.3) is 0 Å². The van der Waals surface area contributed by atoms with Crippen molar-refractivity contribution in [3.63, 3.8) is 0 Å². The molecule has 1 spiro atoms. The topological polar surface area (TPSA) is 92.4 Å². The van der Waals surface area contributed by atoms with Gasteiger partial charge in [0.15, 0.2) is 0 Å². The van der Waals surface area contributed by atoms with Gasteiger partial charge in [-0.15, -0.1) is 0 Å². The quantitative estimate of drug-likeness (QED) is 0.312. The minimum absolute atomic E-state index is 0.0961. The number of carbonyl (C=O) groups excluding carboxylic acids is 2. The third kappa shape index (κ3) is 4.97. The number of nitrogens with one attached hydrogen (secondary N) is 3. The van der Waals surface area contributed by atoms with Crippen LogP contribution in [0.2, 0.25) is 0 Å². The van der Waals surface area contributed by atoms with Gasteiger partial charge in [-0.2, -0.15) is 0 Å². The second kappa shape index (κ2) is 11.0. The number of pyridine rings is 1. The highest BCUT2D eigenvalue weighted by atomic mass is 16.5. The first-order valence-electron chi connectivity index (χ1n) is 17.2. The molecule has 43 heavy (non-hydrogen) atoms. The largest absolute Gasteiger partial charge is 0.357 e. The Morgan fingerprint density at radius 2 is 1.95 bits per heavy atom. The van der Waals surface area contributed by atoms with E-state index in [-0.39, 0.29) is 35.4 Å². The summed E-state index contributed by atoms with van der Waals surface area (Å²) in [5, 5.41) is 9.93. The van der Waals surface area contributed by atoms with Crippen LogP contribution < -0.4 is 16.0 Å². The number of ether oxygens (including phenoxy) is 1. The first-order valence-corrected chi connectivity index (χ1v) is 17.2. The summed E-state index contributed by atoms with van der Waals surface area (Å²) in [6.07, 6.45) is 16.8. The lowest BCUT2D eigenvalue weighted by atomic mass is 9.46. The molecular weight excluding hydrogens is 536 g/mol. The molecule has 1 aromatic rings. The van der Waals surface area contributed by atoms with Crippen molar-refractivity contribution in [1.29, 1.82) is 0 Å². The molecule has 7 nitrogen and oxygen atoms in total. The van der Waals surface area contributed by atoms with Crippen molar-refractivity contribution in [2.45, 2.75) is 116 Å². The number of hydrogen-bond acceptors (Lipinski definition) is 5. The standard InChI is InChI=1S/C36H52N4O3/c1-22-9-14-36(39-19-22)23(2)33-30(43-36)17-29-27-8-7-25-16-26(10-12-34(25,3)28(27)11-13-35(29,33)4)40-32(42)18-31(41)38-21-24-6-5-15-37-20-24/h5-7,15,20,22-23,26-30,33,39H,8-14,16-19,21H2,1-4H3,(H,38,41)(H,40,42)/t22-,23+,26?,27-,28+,29+,30+,33+,34+,35+,36-/m1/s1. The van der Waals surface area contributed by atoms with Crippen molar-refractivity contribution in [2.75, 3.05) is 6.54 Å². The monoisotopic (exact) mass is 588 g/mol. The van der Waals surface area contributed by atoms with E-state index >= 15 is 0 Å². The van der Waals surface area contributed by atoms with E-state index in [1.807, 2.05) is 12.1 Å². The van der Waals surface area contributed by atoms with E-state index < -0.39 is 0 Å². The smallest absolute Gasteiger partial charge is 0.229 e. The minimum Gasteiger partial charge on any atom is -0.357 e. The zero-order chi connectivity index (χ0) is 30.0. The third-order valence-corrected chi connectivity index (χ3v) is 13.5. The number of aromatic nitrogens is 1. The van der Waals surface area contributed by atoms with Crippen molar-refractivity contribution >= 4 is 11.8 Å². The lowest BCUT2D eigenvalue weighted by Crippen LogP contribution is -2.57. The van der Waals surface area contributed by atoms with Crippen LogP contribution in [0.1, 0.15) is 97.5 Å². The number of carbonyl (C=O) groups is 2. The molecule has 2 saturated heterocycles. The summed E-state index contributed by atoms with van der Waals surface area (Å²) in [7, 11) is 0. The fourth-order valence-corrected chi connectivity index (χ4v) is 11.2. The molecule has 5 fully saturated rings. The van der Waals surface area contributed by atoms with E-state index in [4.69, 9.17) is 4.74 Å². The van der Waals surface area contributed by atoms with E-state index in [1.54, 1.807) is 18.0 Å². The Balaban J connectivity index is 0.975. The van der Waals surface area contributed by atoms with Crippen LogP contribution >= 0.6 is 0 Å². The fraction of sp³-hybridized carbons (Fsp3) is 0.750. The molecule has 4 aliphatic carbocycles. The number of allylic oxidation sites excluding steroid dienone is 1. The minimum atomic E-state index is -0.244. The molecule has 234 valence electrons. The number of rotatable bonds is 5. The van der Waals surface area contributed by atoms with Gasteiger partial charge in [0.1, 0.15) is 12.1 Å². The van der Waals surface area contributed by atoms with Crippen LogP contribution in [-0.2, 0) is 20.9 Å². The molecule has 6 aliphatic rings. The first-order chi connectivity index (χ1) is 20.6. The molecule has 2 amide bonds. The predicted octanol–water partition coefficient (Wildman–Crippen LogP) is 5.51. The van der Waals surface area contributed by atoms with Gasteiger partial charge in [-0.05, 0) is 110 Å². The molecule has 7 rings (SSSR count). The molecule has 1 unspecified atom stereocenters. The van der Waals surface area contributed by atoms with Gasteiger partial charge < -0.3 is 15.4 Å². The summed E-state index contributed by atoms with van der Waals surface area (Å²) >= 11 is 0. The summed E-state index contributed by atoms with van der Waals surface area (Å²) in [5.74, 6) is 3.74. The van der Waals surface area contributed by atoms with Gasteiger partial charge in [0.2, 0.25) is 11.8 Å². The van der Waals surface area contributed by atoms with Crippen LogP contribution in [0.25, 0.3) is 0 Å². The SMILES string of the molecule is C[C@@H]1CC[C@@]2(NC1)O[C@H]1C[C@H]3[C@@H]4CC=C5CC(NC(=O)CC(=O)NCc6cccnc6)CC[C@]5(C)[C@H]4CC[C@]3(C)[C@H]1[C@@H]2C. The summed E-state index contributed by atoms with van der Waals surface area (Å²) in [4.78, 5) is 29.3. The number of hydrogen-bond donors (Lipinski definition) is 3. The van der Waals surface area contributed by atoms with Crippen LogP contribution in [0.3, 0.4) is 0 Å². The molecule has 2 aliphatic heterocycles. The van der Waals surface area contributed by atoms with Crippen LogP contribution in [0, 0.1) is 46.3 Å². The van der Waals surface area contributed by atoms with Gasteiger partial charge in [-0.3, -0.25) is 19.9 Å². The van der Waals surface area contributed by atoms with Gasteiger partial charge in [0.05, 0.1) is 6.10 Å². The molecule has 0 radical (unpaired) electrons. The number of piperidine rings is 1. The maximum atomic E-state index is 12.8. The number of nitrogens with zero attached hydrogens (tertiary/aromatic N) is 1. The maximum Gasteiger partial charge on any atom is 0.229 e. The lowest BCUT2D eigenvalue weighted by molar-refractivity contribution is -0.130. The average molecular weight is 589 g/mol. The third-order valence-electron chi connectivity index (χ3n) is 13.5. The van der Waals surface area contributed by atoms with Gasteiger partial charge in [-0.25, -0.2) is 0 Å². The second-order valence-corrected chi connectivity index (χ2v) is 15.7. The highest BCUT2D eigenvalue weighted by Crippen LogP contribution is 2.70. The molecule has 1 aromatic heterocycles. The Hall–Kier alpha value is -2.25. The zero-order valence-corrected chi connectivity index (χ0v) is 26.7. The van der Waals surface area contributed by atoms with E-state index in [1.165, 1.54) is 32.1 Å². The Labute approximate surface area is 257 Å². The van der Waals surface area contributed by atoms with E-state index in [0.29, 0.717) is 29.9 Å². The molecule has 0 bridgehead atoms. The molecular formula is C36H52N4O3. The van der Waals surface area contributed by atoms with Crippen molar-refractivity contribution < 1.29 is 14.3 Å². The van der Waals surface area contributed by atoms with Crippen molar-refractivity contribution in [1.82, 2.24) is 20.9 Å². The van der Waals surface area contributed by atoms with Crippen LogP contribution in [-0.4, -0.2) is 41.2 Å². The fourth-order valence-electron chi connectivity index (χ4n) is 11.2. The predicted molar refractivity (Wildman–Crippen MR) is 166 cm³/mol. The normalized spacial score (nSPS) is 44.9. The first kappa shape index (κ1) is 29.5. The summed E-state index contributed by atoms with van der Waals surface area (Å²) in [6.45, 7) is 11.5. The van der Waals surface area contributed by atoms with Crippen molar-refractivity contribution in [3.8, 4) is 0 Å². The zero-order valence-electron chi connectivity index (χ0n) is 26.7. The molecule has 0 aromatic carbocycles. The van der Waals surface area contributed by atoms with Crippen LogP contribution in [0.5, 0.6) is 0 Å².